The van der Waals surface area contributed by atoms with Gasteiger partial charge in [0.1, 0.15) is 5.75 Å². The van der Waals surface area contributed by atoms with E-state index in [4.69, 9.17) is 10.5 Å². The van der Waals surface area contributed by atoms with E-state index >= 15 is 0 Å². The van der Waals surface area contributed by atoms with Crippen molar-refractivity contribution in [3.8, 4) is 5.75 Å². The van der Waals surface area contributed by atoms with E-state index in [0.717, 1.165) is 11.1 Å². The average molecular weight is 578 g/mol. The van der Waals surface area contributed by atoms with Gasteiger partial charge in [-0.05, 0) is 41.7 Å². The summed E-state index contributed by atoms with van der Waals surface area (Å²) in [5.41, 5.74) is 9.70. The van der Waals surface area contributed by atoms with Gasteiger partial charge in [0.25, 0.3) is 10.0 Å². The number of nitrogens with two attached hydrogens (primary N) is 1. The maximum atomic E-state index is 13.9. The van der Waals surface area contributed by atoms with Gasteiger partial charge in [0.2, 0.25) is 5.91 Å². The molecule has 0 saturated heterocycles. The summed E-state index contributed by atoms with van der Waals surface area (Å²) in [5.74, 6) is -2.64. The first kappa shape index (κ1) is 28.2. The lowest BCUT2D eigenvalue weighted by Crippen LogP contribution is -2.54. The predicted octanol–water partition coefficient (Wildman–Crippen LogP) is 3.01. The predicted molar refractivity (Wildman–Crippen MR) is 146 cm³/mol. The maximum Gasteiger partial charge on any atom is 0.267 e. The molecule has 4 rings (SSSR count). The summed E-state index contributed by atoms with van der Waals surface area (Å²) in [7, 11) is -8.13. The second kappa shape index (κ2) is 11.5. The Morgan fingerprint density at radius 3 is 2.55 bits per heavy atom. The van der Waals surface area contributed by atoms with Gasteiger partial charge in [-0.15, -0.1) is 11.3 Å². The molecule has 12 heteroatoms. The first-order valence-corrected chi connectivity index (χ1v) is 16.3. The molecule has 0 bridgehead atoms. The highest BCUT2D eigenvalue weighted by Gasteiger charge is 2.40. The zero-order chi connectivity index (χ0) is 27.5. The van der Waals surface area contributed by atoms with Crippen LogP contribution in [0.15, 0.2) is 65.1 Å². The summed E-state index contributed by atoms with van der Waals surface area (Å²) in [5, 5.41) is 0. The van der Waals surface area contributed by atoms with E-state index in [9.17, 15) is 21.6 Å². The topological polar surface area (TPSA) is 137 Å². The highest BCUT2D eigenvalue weighted by molar-refractivity contribution is 7.91. The van der Waals surface area contributed by atoms with Crippen molar-refractivity contribution in [2.75, 3.05) is 12.4 Å². The van der Waals surface area contributed by atoms with E-state index in [-0.39, 0.29) is 10.6 Å². The first-order valence-electron chi connectivity index (χ1n) is 12.2. The van der Waals surface area contributed by atoms with E-state index in [1.807, 2.05) is 30.3 Å². The fraction of sp³-hybridized carbons (Fsp3) is 0.385. The fourth-order valence-corrected chi connectivity index (χ4v) is 8.88. The lowest BCUT2D eigenvalue weighted by molar-refractivity contribution is -0.131. The van der Waals surface area contributed by atoms with Crippen LogP contribution >= 0.6 is 11.3 Å². The normalized spacial score (nSPS) is 15.8. The second-order valence-corrected chi connectivity index (χ2v) is 14.5. The molecular weight excluding hydrogens is 547 g/mol. The van der Waals surface area contributed by atoms with Crippen LogP contribution in [-0.2, 0) is 43.2 Å². The maximum absolute atomic E-state index is 13.9. The highest BCUT2D eigenvalue weighted by Crippen LogP contribution is 2.31. The van der Waals surface area contributed by atoms with Gasteiger partial charge in [-0.1, -0.05) is 44.2 Å². The van der Waals surface area contributed by atoms with E-state index in [0.29, 0.717) is 34.4 Å². The van der Waals surface area contributed by atoms with Crippen molar-refractivity contribution in [3.63, 3.8) is 0 Å². The van der Waals surface area contributed by atoms with Crippen LogP contribution in [0.25, 0.3) is 0 Å². The van der Waals surface area contributed by atoms with Crippen molar-refractivity contribution in [2.45, 2.75) is 43.5 Å². The number of hydrogen-bond acceptors (Lipinski definition) is 9. The largest absolute Gasteiger partial charge is 0.493 e. The van der Waals surface area contributed by atoms with Crippen LogP contribution in [0.3, 0.4) is 0 Å². The number of aromatic nitrogens is 1. The number of carbonyl (C=O) groups is 1. The first-order chi connectivity index (χ1) is 18.0. The molecule has 0 fully saturated rings. The van der Waals surface area contributed by atoms with Gasteiger partial charge >= 0.3 is 0 Å². The Bertz CT molecular complexity index is 1480. The molecule has 1 aromatic heterocycles. The number of ether oxygens (including phenoxy) is 1. The van der Waals surface area contributed by atoms with Crippen LogP contribution in [-0.4, -0.2) is 50.6 Å². The zero-order valence-corrected chi connectivity index (χ0v) is 23.6. The number of hydrogen-bond donors (Lipinski definition) is 1. The third-order valence-electron chi connectivity index (χ3n) is 6.46. The van der Waals surface area contributed by atoms with Crippen LogP contribution in [0.2, 0.25) is 0 Å². The second-order valence-electron chi connectivity index (χ2n) is 9.59. The van der Waals surface area contributed by atoms with Gasteiger partial charge in [0.05, 0.1) is 40.6 Å². The van der Waals surface area contributed by atoms with E-state index < -0.39 is 49.5 Å². The molecule has 2 aromatic carbocycles. The third kappa shape index (κ3) is 6.42. The van der Waals surface area contributed by atoms with Crippen molar-refractivity contribution in [1.29, 1.82) is 0 Å². The van der Waals surface area contributed by atoms with Crippen LogP contribution < -0.4 is 10.5 Å². The SMILES string of the molecule is CC(CS(=O)(=O)Cc1cncs1)C(=O)N([C@H](N)[C@@H](C)Cc1ccccc1)S(=O)(=O)c1ccc2c(c1)CCO2. The van der Waals surface area contributed by atoms with Crippen molar-refractivity contribution in [2.24, 2.45) is 17.6 Å². The lowest BCUT2D eigenvalue weighted by Gasteiger charge is -2.34. The summed E-state index contributed by atoms with van der Waals surface area (Å²) in [6.07, 6.45) is 1.22. The number of fused-ring (bicyclic) bond motifs is 1. The number of rotatable bonds is 11. The molecule has 0 radical (unpaired) electrons. The summed E-state index contributed by atoms with van der Waals surface area (Å²) in [6, 6.07) is 13.9. The summed E-state index contributed by atoms with van der Waals surface area (Å²) in [6.45, 7) is 3.64. The monoisotopic (exact) mass is 577 g/mol. The minimum Gasteiger partial charge on any atom is -0.493 e. The molecule has 9 nitrogen and oxygen atoms in total. The smallest absolute Gasteiger partial charge is 0.267 e. The zero-order valence-electron chi connectivity index (χ0n) is 21.2. The number of carbonyl (C=O) groups excluding carboxylic acids is 1. The third-order valence-corrected chi connectivity index (χ3v) is 11.0. The average Bonchev–Trinajstić information content (AvgIpc) is 3.55. The lowest BCUT2D eigenvalue weighted by atomic mass is 9.98. The Hall–Kier alpha value is -2.80. The number of sulfone groups is 1. The Balaban J connectivity index is 1.64. The molecule has 38 heavy (non-hydrogen) atoms. The Morgan fingerprint density at radius 2 is 1.87 bits per heavy atom. The Labute approximate surface area is 227 Å². The van der Waals surface area contributed by atoms with Gasteiger partial charge in [-0.2, -0.15) is 0 Å². The van der Waals surface area contributed by atoms with Crippen molar-refractivity contribution in [1.82, 2.24) is 9.29 Å². The van der Waals surface area contributed by atoms with Crippen LogP contribution in [0.5, 0.6) is 5.75 Å². The molecular formula is C26H31N3O6S3. The number of amides is 1. The highest BCUT2D eigenvalue weighted by atomic mass is 32.2. The molecule has 2 N–H and O–H groups in total. The molecule has 204 valence electrons. The molecule has 0 saturated carbocycles. The van der Waals surface area contributed by atoms with Gasteiger partial charge < -0.3 is 10.5 Å². The standard InChI is InChI=1S/C26H31N3O6S3/c1-18(12-20-6-4-3-5-7-20)25(27)29(38(33,34)23-8-9-24-21(13-23)10-11-35-24)26(30)19(2)15-37(31,32)16-22-14-28-17-36-22/h3-9,13-14,17-19,25H,10-12,15-16,27H2,1-2H3/t18-,19?,25-/m0/s1. The Kier molecular flexibility index (Phi) is 8.55. The number of nitrogens with zero attached hydrogens (tertiary/aromatic N) is 2. The van der Waals surface area contributed by atoms with E-state index in [1.165, 1.54) is 42.1 Å². The van der Waals surface area contributed by atoms with Gasteiger partial charge in [0.15, 0.2) is 9.84 Å². The molecule has 0 spiro atoms. The van der Waals surface area contributed by atoms with Crippen LogP contribution in [0.1, 0.15) is 29.9 Å². The molecule has 3 atom stereocenters. The van der Waals surface area contributed by atoms with Crippen molar-refractivity contribution in [3.05, 3.63) is 76.2 Å². The molecule has 1 unspecified atom stereocenters. The molecule has 3 aromatic rings. The van der Waals surface area contributed by atoms with Gasteiger partial charge in [-0.25, -0.2) is 21.1 Å². The number of benzene rings is 2. The molecule has 2 heterocycles. The summed E-state index contributed by atoms with van der Waals surface area (Å²) >= 11 is 1.20. The number of sulfonamides is 1. The summed E-state index contributed by atoms with van der Waals surface area (Å²) < 4.78 is 59.7. The van der Waals surface area contributed by atoms with E-state index in [1.54, 1.807) is 13.0 Å². The van der Waals surface area contributed by atoms with Crippen LogP contribution in [0, 0.1) is 11.8 Å². The molecule has 1 amide bonds. The van der Waals surface area contributed by atoms with E-state index in [2.05, 4.69) is 4.98 Å². The summed E-state index contributed by atoms with van der Waals surface area (Å²) in [4.78, 5) is 18.1. The van der Waals surface area contributed by atoms with Crippen molar-refractivity contribution < 1.29 is 26.4 Å². The molecule has 1 aliphatic heterocycles. The van der Waals surface area contributed by atoms with Gasteiger partial charge in [-0.3, -0.25) is 9.78 Å². The molecule has 1 aliphatic rings. The Morgan fingerprint density at radius 1 is 1.13 bits per heavy atom. The minimum absolute atomic E-state index is 0.0859. The fourth-order valence-electron chi connectivity index (χ4n) is 4.46. The van der Waals surface area contributed by atoms with Gasteiger partial charge in [0, 0.05) is 17.5 Å². The van der Waals surface area contributed by atoms with Crippen LogP contribution in [0.4, 0.5) is 0 Å². The number of thiazole rings is 1. The molecule has 0 aliphatic carbocycles. The quantitative estimate of drug-likeness (QED) is 0.344. The minimum atomic E-state index is -4.41. The van der Waals surface area contributed by atoms with Crippen molar-refractivity contribution >= 4 is 37.1 Å².